The molecule has 3 heterocycles. The van der Waals surface area contributed by atoms with Crippen LogP contribution in [0, 0.1) is 0 Å². The average Bonchev–Trinajstić information content (AvgIpc) is 3.00. The lowest BCUT2D eigenvalue weighted by Gasteiger charge is -2.49. The first-order chi connectivity index (χ1) is 12.5. The number of carbonyl (C=O) groups is 1. The summed E-state index contributed by atoms with van der Waals surface area (Å²) < 4.78 is 0. The van der Waals surface area contributed by atoms with Crippen molar-refractivity contribution in [3.63, 3.8) is 0 Å². The van der Waals surface area contributed by atoms with Gasteiger partial charge >= 0.3 is 0 Å². The van der Waals surface area contributed by atoms with Crippen molar-refractivity contribution < 1.29 is 9.90 Å². The Kier molecular flexibility index (Phi) is 3.18. The summed E-state index contributed by atoms with van der Waals surface area (Å²) in [5.41, 5.74) is 4.04. The van der Waals surface area contributed by atoms with E-state index in [9.17, 15) is 9.90 Å². The zero-order valence-corrected chi connectivity index (χ0v) is 14.5. The molecule has 1 fully saturated rings. The number of fused-ring (bicyclic) bond motifs is 6. The van der Waals surface area contributed by atoms with Crippen LogP contribution in [0.2, 0.25) is 0 Å². The molecule has 0 unspecified atom stereocenters. The van der Waals surface area contributed by atoms with Crippen LogP contribution in [0.5, 0.6) is 5.75 Å². The molecule has 2 bridgehead atoms. The molecule has 0 radical (unpaired) electrons. The first-order valence-corrected chi connectivity index (χ1v) is 9.00. The molecule has 26 heavy (non-hydrogen) atoms. The van der Waals surface area contributed by atoms with Crippen LogP contribution in [-0.4, -0.2) is 28.1 Å². The summed E-state index contributed by atoms with van der Waals surface area (Å²) in [5, 5.41) is 17.7. The molecule has 3 atom stereocenters. The van der Waals surface area contributed by atoms with Gasteiger partial charge in [-0.2, -0.15) is 0 Å². The third-order valence-electron chi connectivity index (χ3n) is 5.90. The molecule has 0 spiro atoms. The van der Waals surface area contributed by atoms with Crippen molar-refractivity contribution in [1.82, 2.24) is 15.6 Å². The number of amides is 1. The minimum Gasteiger partial charge on any atom is -0.508 e. The summed E-state index contributed by atoms with van der Waals surface area (Å²) >= 11 is 0. The lowest BCUT2D eigenvalue weighted by molar-refractivity contribution is -0.128. The number of aromatic amines is 1. The maximum Gasteiger partial charge on any atom is 0.237 e. The number of carbonyl (C=O) groups excluding carboxylic acids is 1. The fourth-order valence-electron chi connectivity index (χ4n) is 4.53. The fourth-order valence-corrected chi connectivity index (χ4v) is 4.53. The van der Waals surface area contributed by atoms with Crippen LogP contribution < -0.4 is 10.6 Å². The second-order valence-corrected chi connectivity index (χ2v) is 7.56. The van der Waals surface area contributed by atoms with Crippen molar-refractivity contribution in [1.29, 1.82) is 0 Å². The number of nitrogens with one attached hydrogen (secondary N) is 3. The zero-order valence-electron chi connectivity index (χ0n) is 14.5. The molecule has 0 saturated carbocycles. The van der Waals surface area contributed by atoms with Crippen molar-refractivity contribution in [3.8, 4) is 5.75 Å². The maximum atomic E-state index is 12.6. The number of hydrogen-bond acceptors (Lipinski definition) is 3. The van der Waals surface area contributed by atoms with Crippen LogP contribution in [0.15, 0.2) is 48.5 Å². The Labute approximate surface area is 151 Å². The Morgan fingerprint density at radius 3 is 2.81 bits per heavy atom. The Morgan fingerprint density at radius 1 is 1.19 bits per heavy atom. The van der Waals surface area contributed by atoms with Gasteiger partial charge in [-0.3, -0.25) is 10.1 Å². The second-order valence-electron chi connectivity index (χ2n) is 7.56. The monoisotopic (exact) mass is 347 g/mol. The van der Waals surface area contributed by atoms with Crippen molar-refractivity contribution in [3.05, 3.63) is 65.4 Å². The van der Waals surface area contributed by atoms with Crippen molar-refractivity contribution >= 4 is 16.8 Å². The van der Waals surface area contributed by atoms with Gasteiger partial charge in [0, 0.05) is 16.6 Å². The van der Waals surface area contributed by atoms with Gasteiger partial charge in [0.2, 0.25) is 5.91 Å². The van der Waals surface area contributed by atoms with E-state index in [1.807, 2.05) is 24.3 Å². The van der Waals surface area contributed by atoms with Gasteiger partial charge in [0.25, 0.3) is 0 Å². The van der Waals surface area contributed by atoms with E-state index in [0.29, 0.717) is 6.42 Å². The number of piperazine rings is 1. The van der Waals surface area contributed by atoms with Gasteiger partial charge in [-0.1, -0.05) is 30.3 Å². The summed E-state index contributed by atoms with van der Waals surface area (Å²) in [5.74, 6) is 0.294. The van der Waals surface area contributed by atoms with Crippen LogP contribution in [0.25, 0.3) is 10.9 Å². The number of H-pyrrole nitrogens is 1. The lowest BCUT2D eigenvalue weighted by Crippen LogP contribution is -2.71. The highest BCUT2D eigenvalue weighted by Gasteiger charge is 2.50. The maximum absolute atomic E-state index is 12.6. The van der Waals surface area contributed by atoms with Crippen molar-refractivity contribution in [2.24, 2.45) is 0 Å². The largest absolute Gasteiger partial charge is 0.508 e. The highest BCUT2D eigenvalue weighted by molar-refractivity contribution is 5.90. The van der Waals surface area contributed by atoms with E-state index in [-0.39, 0.29) is 23.7 Å². The van der Waals surface area contributed by atoms with Gasteiger partial charge < -0.3 is 15.4 Å². The minimum absolute atomic E-state index is 0.0450. The van der Waals surface area contributed by atoms with E-state index >= 15 is 0 Å². The number of phenols is 1. The molecule has 5 heteroatoms. The van der Waals surface area contributed by atoms with Gasteiger partial charge in [0.05, 0.1) is 17.6 Å². The van der Waals surface area contributed by atoms with E-state index < -0.39 is 5.54 Å². The number of hydrogen-bond donors (Lipinski definition) is 4. The van der Waals surface area contributed by atoms with E-state index in [2.05, 4.69) is 34.7 Å². The molecular formula is C21H21N3O2. The summed E-state index contributed by atoms with van der Waals surface area (Å²) in [6.45, 7) is 2.15. The molecule has 4 N–H and O–H groups in total. The Bertz CT molecular complexity index is 1010. The number of aromatic hydroxyl groups is 1. The lowest BCUT2D eigenvalue weighted by atomic mass is 9.75. The first kappa shape index (κ1) is 15.5. The van der Waals surface area contributed by atoms with Gasteiger partial charge in [0.15, 0.2) is 0 Å². The molecule has 5 nitrogen and oxygen atoms in total. The number of phenolic OH excluding ortho intramolecular Hbond substituents is 1. The molecule has 1 aromatic heterocycles. The highest BCUT2D eigenvalue weighted by Crippen LogP contribution is 2.40. The molecule has 5 rings (SSSR count). The van der Waals surface area contributed by atoms with Crippen molar-refractivity contribution in [2.75, 3.05) is 0 Å². The number of benzene rings is 2. The van der Waals surface area contributed by atoms with E-state index in [4.69, 9.17) is 0 Å². The molecule has 2 aliphatic heterocycles. The van der Waals surface area contributed by atoms with E-state index in [1.54, 1.807) is 12.1 Å². The summed E-state index contributed by atoms with van der Waals surface area (Å²) in [7, 11) is 0. The van der Waals surface area contributed by atoms with Crippen LogP contribution in [0.4, 0.5) is 0 Å². The zero-order chi connectivity index (χ0) is 17.9. The molecule has 3 aromatic rings. The normalized spacial score (nSPS) is 27.2. The second kappa shape index (κ2) is 5.35. The standard InChI is InChI=1S/C21H21N3O2/c1-21-18(9-12-5-3-2-4-6-12)23-20(26)17(24-21)11-15-14-10-13(25)7-8-16(14)22-19(15)21/h2-8,10,17-18,22,24-25H,9,11H2,1H3,(H,23,26)/t17-,18-,21-/m1/s1. The highest BCUT2D eigenvalue weighted by atomic mass is 16.3. The van der Waals surface area contributed by atoms with Crippen LogP contribution >= 0.6 is 0 Å². The first-order valence-electron chi connectivity index (χ1n) is 9.00. The van der Waals surface area contributed by atoms with Crippen LogP contribution in [0.1, 0.15) is 23.7 Å². The predicted molar refractivity (Wildman–Crippen MR) is 100 cm³/mol. The van der Waals surface area contributed by atoms with E-state index in [1.165, 1.54) is 5.56 Å². The fraction of sp³-hybridized carbons (Fsp3) is 0.286. The van der Waals surface area contributed by atoms with Crippen LogP contribution in [-0.2, 0) is 23.2 Å². The SMILES string of the molecule is C[C@]12N[C@H](Cc3c1[nH]c1ccc(O)cc31)C(=O)N[C@@H]2Cc1ccccc1. The molecule has 2 aliphatic rings. The number of aromatic nitrogens is 1. The minimum atomic E-state index is -0.392. The third kappa shape index (κ3) is 2.17. The van der Waals surface area contributed by atoms with Gasteiger partial charge in [-0.15, -0.1) is 0 Å². The molecule has 2 aromatic carbocycles. The predicted octanol–water partition coefficient (Wildman–Crippen LogP) is 2.34. The Hall–Kier alpha value is -2.79. The molecule has 0 aliphatic carbocycles. The third-order valence-corrected chi connectivity index (χ3v) is 5.90. The molecule has 1 amide bonds. The van der Waals surface area contributed by atoms with E-state index in [0.717, 1.165) is 28.6 Å². The van der Waals surface area contributed by atoms with Gasteiger partial charge in [-0.25, -0.2) is 0 Å². The van der Waals surface area contributed by atoms with Gasteiger partial charge in [0.1, 0.15) is 5.75 Å². The molecule has 1 saturated heterocycles. The van der Waals surface area contributed by atoms with Gasteiger partial charge in [-0.05, 0) is 49.1 Å². The molecular weight excluding hydrogens is 326 g/mol. The summed E-state index contributed by atoms with van der Waals surface area (Å²) in [6.07, 6.45) is 1.38. The molecule has 132 valence electrons. The summed E-state index contributed by atoms with van der Waals surface area (Å²) in [6, 6.07) is 15.3. The Balaban J connectivity index is 1.65. The smallest absolute Gasteiger partial charge is 0.237 e. The average molecular weight is 347 g/mol. The topological polar surface area (TPSA) is 77.2 Å². The summed E-state index contributed by atoms with van der Waals surface area (Å²) in [4.78, 5) is 16.2. The number of rotatable bonds is 2. The van der Waals surface area contributed by atoms with Crippen LogP contribution in [0.3, 0.4) is 0 Å². The van der Waals surface area contributed by atoms with Crippen molar-refractivity contribution in [2.45, 2.75) is 37.4 Å². The Morgan fingerprint density at radius 2 is 2.00 bits per heavy atom. The quantitative estimate of drug-likeness (QED) is 0.575.